The van der Waals surface area contributed by atoms with Crippen molar-refractivity contribution in [3.8, 4) is 0 Å². The molecule has 0 spiro atoms. The molecule has 0 radical (unpaired) electrons. The highest BCUT2D eigenvalue weighted by atomic mass is 15.0. The van der Waals surface area contributed by atoms with Crippen LogP contribution in [0.1, 0.15) is 31.5 Å². The van der Waals surface area contributed by atoms with Crippen LogP contribution < -0.4 is 5.32 Å². The van der Waals surface area contributed by atoms with E-state index in [1.165, 1.54) is 25.7 Å². The van der Waals surface area contributed by atoms with Gasteiger partial charge in [0.15, 0.2) is 0 Å². The molecule has 0 unspecified atom stereocenters. The van der Waals surface area contributed by atoms with Crippen LogP contribution in [0, 0.1) is 11.8 Å². The highest BCUT2D eigenvalue weighted by molar-refractivity contribution is 4.97. The summed E-state index contributed by atoms with van der Waals surface area (Å²) in [6.45, 7) is 1.07. The SMILES string of the molecule is c1c[nH]c(CCNC(C2CC2)C2CC2)n1. The van der Waals surface area contributed by atoms with Crippen LogP contribution in [0.2, 0.25) is 0 Å². The van der Waals surface area contributed by atoms with Crippen LogP contribution in [0.25, 0.3) is 0 Å². The molecular formula is C12H19N3. The summed E-state index contributed by atoms with van der Waals surface area (Å²) in [7, 11) is 0. The van der Waals surface area contributed by atoms with E-state index in [9.17, 15) is 0 Å². The van der Waals surface area contributed by atoms with Gasteiger partial charge in [0.25, 0.3) is 0 Å². The Kier molecular flexibility index (Phi) is 2.49. The lowest BCUT2D eigenvalue weighted by molar-refractivity contribution is 0.418. The van der Waals surface area contributed by atoms with Gasteiger partial charge in [-0.2, -0.15) is 0 Å². The highest BCUT2D eigenvalue weighted by Gasteiger charge is 2.40. The third-order valence-corrected chi connectivity index (χ3v) is 3.56. The third kappa shape index (κ3) is 2.40. The van der Waals surface area contributed by atoms with E-state index in [1.807, 2.05) is 12.4 Å². The summed E-state index contributed by atoms with van der Waals surface area (Å²) < 4.78 is 0. The lowest BCUT2D eigenvalue weighted by Crippen LogP contribution is -2.34. The molecule has 2 aliphatic carbocycles. The van der Waals surface area contributed by atoms with Crippen LogP contribution in [-0.2, 0) is 6.42 Å². The molecule has 82 valence electrons. The maximum Gasteiger partial charge on any atom is 0.107 e. The zero-order valence-electron chi connectivity index (χ0n) is 9.08. The third-order valence-electron chi connectivity index (χ3n) is 3.56. The van der Waals surface area contributed by atoms with Gasteiger partial charge in [0.05, 0.1) is 0 Å². The molecule has 0 amide bonds. The Morgan fingerprint density at radius 2 is 2.07 bits per heavy atom. The fraction of sp³-hybridized carbons (Fsp3) is 0.750. The predicted octanol–water partition coefficient (Wildman–Crippen LogP) is 1.73. The number of hydrogen-bond donors (Lipinski definition) is 2. The Bertz CT molecular complexity index is 287. The molecule has 0 aromatic carbocycles. The van der Waals surface area contributed by atoms with Crippen molar-refractivity contribution in [3.63, 3.8) is 0 Å². The molecular weight excluding hydrogens is 186 g/mol. The van der Waals surface area contributed by atoms with Gasteiger partial charge >= 0.3 is 0 Å². The molecule has 3 heteroatoms. The number of aromatic nitrogens is 2. The molecule has 15 heavy (non-hydrogen) atoms. The van der Waals surface area contributed by atoms with Gasteiger partial charge in [-0.05, 0) is 37.5 Å². The van der Waals surface area contributed by atoms with Crippen molar-refractivity contribution in [2.75, 3.05) is 6.54 Å². The second-order valence-electron chi connectivity index (χ2n) is 4.94. The van der Waals surface area contributed by atoms with Gasteiger partial charge in [-0.1, -0.05) is 0 Å². The van der Waals surface area contributed by atoms with Crippen LogP contribution in [0.3, 0.4) is 0 Å². The van der Waals surface area contributed by atoms with Crippen molar-refractivity contribution < 1.29 is 0 Å². The first-order valence-electron chi connectivity index (χ1n) is 6.15. The number of H-pyrrole nitrogens is 1. The second kappa shape index (κ2) is 3.97. The van der Waals surface area contributed by atoms with Gasteiger partial charge in [0.1, 0.15) is 5.82 Å². The first-order valence-corrected chi connectivity index (χ1v) is 6.15. The van der Waals surface area contributed by atoms with Crippen LogP contribution in [0.5, 0.6) is 0 Å². The Morgan fingerprint density at radius 3 is 2.60 bits per heavy atom. The van der Waals surface area contributed by atoms with E-state index in [4.69, 9.17) is 0 Å². The quantitative estimate of drug-likeness (QED) is 0.742. The van der Waals surface area contributed by atoms with Crippen LogP contribution in [-0.4, -0.2) is 22.6 Å². The summed E-state index contributed by atoms with van der Waals surface area (Å²) in [5.74, 6) is 3.09. The van der Waals surface area contributed by atoms with Gasteiger partial charge in [-0.3, -0.25) is 0 Å². The number of rotatable bonds is 6. The van der Waals surface area contributed by atoms with Crippen molar-refractivity contribution >= 4 is 0 Å². The molecule has 0 saturated heterocycles. The molecule has 2 fully saturated rings. The van der Waals surface area contributed by atoms with Crippen molar-refractivity contribution in [2.45, 2.75) is 38.1 Å². The van der Waals surface area contributed by atoms with Crippen molar-refractivity contribution in [1.82, 2.24) is 15.3 Å². The number of nitrogens with one attached hydrogen (secondary N) is 2. The van der Waals surface area contributed by atoms with Crippen molar-refractivity contribution in [3.05, 3.63) is 18.2 Å². The fourth-order valence-corrected chi connectivity index (χ4v) is 2.42. The standard InChI is InChI=1S/C12H19N3/c1-2-9(1)12(10-3-4-10)15-6-5-11-13-7-8-14-11/h7-10,12,15H,1-6H2,(H,13,14). The highest BCUT2D eigenvalue weighted by Crippen LogP contribution is 2.44. The Hall–Kier alpha value is -0.830. The van der Waals surface area contributed by atoms with Gasteiger partial charge in [-0.25, -0.2) is 4.98 Å². The fourth-order valence-electron chi connectivity index (χ4n) is 2.42. The predicted molar refractivity (Wildman–Crippen MR) is 59.5 cm³/mol. The zero-order valence-corrected chi connectivity index (χ0v) is 9.08. The molecule has 0 aliphatic heterocycles. The summed E-state index contributed by atoms with van der Waals surface area (Å²) in [6.07, 6.45) is 10.6. The van der Waals surface area contributed by atoms with E-state index in [0.717, 1.165) is 36.7 Å². The van der Waals surface area contributed by atoms with Gasteiger partial charge in [0.2, 0.25) is 0 Å². The van der Waals surface area contributed by atoms with Crippen molar-refractivity contribution in [1.29, 1.82) is 0 Å². The molecule has 1 heterocycles. The summed E-state index contributed by atoms with van der Waals surface area (Å²) >= 11 is 0. The maximum absolute atomic E-state index is 4.24. The summed E-state index contributed by atoms with van der Waals surface area (Å²) in [4.78, 5) is 7.39. The van der Waals surface area contributed by atoms with E-state index in [-0.39, 0.29) is 0 Å². The van der Waals surface area contributed by atoms with Crippen molar-refractivity contribution in [2.24, 2.45) is 11.8 Å². The average Bonchev–Trinajstić information content (AvgIpc) is 3.15. The molecule has 3 nitrogen and oxygen atoms in total. The smallest absolute Gasteiger partial charge is 0.107 e. The molecule has 3 rings (SSSR count). The number of aromatic amines is 1. The molecule has 1 aromatic rings. The largest absolute Gasteiger partial charge is 0.349 e. The van der Waals surface area contributed by atoms with Crippen LogP contribution in [0.4, 0.5) is 0 Å². The van der Waals surface area contributed by atoms with Crippen LogP contribution >= 0.6 is 0 Å². The lowest BCUT2D eigenvalue weighted by atomic mass is 10.1. The van der Waals surface area contributed by atoms with Gasteiger partial charge < -0.3 is 10.3 Å². The minimum Gasteiger partial charge on any atom is -0.349 e. The maximum atomic E-state index is 4.24. The topological polar surface area (TPSA) is 40.7 Å². The van der Waals surface area contributed by atoms with E-state index >= 15 is 0 Å². The van der Waals surface area contributed by atoms with E-state index < -0.39 is 0 Å². The molecule has 2 N–H and O–H groups in total. The number of nitrogens with zero attached hydrogens (tertiary/aromatic N) is 1. The van der Waals surface area contributed by atoms with Gasteiger partial charge in [-0.15, -0.1) is 0 Å². The molecule has 0 atom stereocenters. The second-order valence-corrected chi connectivity index (χ2v) is 4.94. The Balaban J connectivity index is 1.44. The van der Waals surface area contributed by atoms with E-state index in [0.29, 0.717) is 0 Å². The van der Waals surface area contributed by atoms with E-state index in [1.54, 1.807) is 0 Å². The molecule has 1 aromatic heterocycles. The van der Waals surface area contributed by atoms with Crippen LogP contribution in [0.15, 0.2) is 12.4 Å². The molecule has 2 saturated carbocycles. The normalized spacial score (nSPS) is 21.1. The molecule has 0 bridgehead atoms. The monoisotopic (exact) mass is 205 g/mol. The van der Waals surface area contributed by atoms with Gasteiger partial charge in [0, 0.05) is 31.4 Å². The summed E-state index contributed by atoms with van der Waals surface area (Å²) in [5, 5.41) is 3.72. The first kappa shape index (κ1) is 9.40. The average molecular weight is 205 g/mol. The van der Waals surface area contributed by atoms with E-state index in [2.05, 4.69) is 15.3 Å². The minimum atomic E-state index is 0.819. The first-order chi connectivity index (χ1) is 7.43. The Morgan fingerprint density at radius 1 is 1.33 bits per heavy atom. The molecule has 2 aliphatic rings. The summed E-state index contributed by atoms with van der Waals surface area (Å²) in [5.41, 5.74) is 0. The number of imidazole rings is 1. The number of hydrogen-bond acceptors (Lipinski definition) is 2. The zero-order chi connectivity index (χ0) is 10.1. The summed E-state index contributed by atoms with van der Waals surface area (Å²) in [6, 6.07) is 0.819. The Labute approximate surface area is 90.7 Å². The lowest BCUT2D eigenvalue weighted by Gasteiger charge is -2.16. The minimum absolute atomic E-state index is 0.819.